The van der Waals surface area contributed by atoms with E-state index in [0.29, 0.717) is 42.6 Å². The second kappa shape index (κ2) is 10.2. The molecule has 0 aliphatic heterocycles. The maximum Gasteiger partial charge on any atom is 0.255 e. The lowest BCUT2D eigenvalue weighted by Crippen LogP contribution is -2.14. The van der Waals surface area contributed by atoms with Gasteiger partial charge in [-0.25, -0.2) is 0 Å². The summed E-state index contributed by atoms with van der Waals surface area (Å²) in [5.74, 6) is 1.88. The lowest BCUT2D eigenvalue weighted by Gasteiger charge is -2.14. The van der Waals surface area contributed by atoms with E-state index in [0.717, 1.165) is 11.3 Å². The number of rotatable bonds is 9. The van der Waals surface area contributed by atoms with Crippen LogP contribution < -0.4 is 19.5 Å². The molecule has 0 bridgehead atoms. The monoisotopic (exact) mass is 391 g/mol. The summed E-state index contributed by atoms with van der Waals surface area (Å²) in [6, 6.07) is 22.3. The van der Waals surface area contributed by atoms with Gasteiger partial charge in [-0.3, -0.25) is 4.79 Å². The van der Waals surface area contributed by atoms with Gasteiger partial charge in [0.2, 0.25) is 0 Å². The highest BCUT2D eigenvalue weighted by atomic mass is 16.5. The van der Waals surface area contributed by atoms with Crippen LogP contribution in [0, 0.1) is 0 Å². The number of nitrogens with one attached hydrogen (secondary N) is 1. The highest BCUT2D eigenvalue weighted by Crippen LogP contribution is 2.26. The number of anilines is 1. The van der Waals surface area contributed by atoms with E-state index in [-0.39, 0.29) is 5.91 Å². The second-order valence-corrected chi connectivity index (χ2v) is 6.24. The van der Waals surface area contributed by atoms with Gasteiger partial charge in [-0.05, 0) is 56.3 Å². The van der Waals surface area contributed by atoms with Crippen LogP contribution in [0.2, 0.25) is 0 Å². The van der Waals surface area contributed by atoms with Crippen molar-refractivity contribution in [1.29, 1.82) is 0 Å². The van der Waals surface area contributed by atoms with Crippen molar-refractivity contribution < 1.29 is 19.0 Å². The van der Waals surface area contributed by atoms with Crippen molar-refractivity contribution >= 4 is 11.6 Å². The van der Waals surface area contributed by atoms with Gasteiger partial charge in [-0.15, -0.1) is 0 Å². The second-order valence-electron chi connectivity index (χ2n) is 6.24. The van der Waals surface area contributed by atoms with Gasteiger partial charge in [-0.2, -0.15) is 0 Å². The van der Waals surface area contributed by atoms with Crippen LogP contribution in [0.1, 0.15) is 29.8 Å². The quantitative estimate of drug-likeness (QED) is 0.537. The Labute approximate surface area is 171 Å². The van der Waals surface area contributed by atoms with Gasteiger partial charge in [0.15, 0.2) is 0 Å². The number of carbonyl (C=O) groups is 1. The van der Waals surface area contributed by atoms with Crippen LogP contribution in [0.3, 0.4) is 0 Å². The Morgan fingerprint density at radius 2 is 1.48 bits per heavy atom. The average Bonchev–Trinajstić information content (AvgIpc) is 2.75. The highest BCUT2D eigenvalue weighted by molar-refractivity contribution is 6.05. The Bertz CT molecular complexity index is 941. The summed E-state index contributed by atoms with van der Waals surface area (Å²) in [5.41, 5.74) is 1.96. The Kier molecular flexibility index (Phi) is 7.11. The molecule has 5 heteroatoms. The molecule has 0 aliphatic rings. The van der Waals surface area contributed by atoms with Crippen molar-refractivity contribution in [2.24, 2.45) is 0 Å². The van der Waals surface area contributed by atoms with Gasteiger partial charge in [0.1, 0.15) is 23.9 Å². The number of ether oxygens (including phenoxy) is 3. The Balaban J connectivity index is 1.79. The first-order valence-corrected chi connectivity index (χ1v) is 9.68. The maximum absolute atomic E-state index is 12.8. The van der Waals surface area contributed by atoms with Crippen molar-refractivity contribution in [3.05, 3.63) is 83.9 Å². The Hall–Kier alpha value is -3.47. The lowest BCUT2D eigenvalue weighted by molar-refractivity contribution is 0.102. The van der Waals surface area contributed by atoms with Crippen LogP contribution in [0.5, 0.6) is 17.2 Å². The van der Waals surface area contributed by atoms with Crippen LogP contribution in [0.25, 0.3) is 0 Å². The Morgan fingerprint density at radius 3 is 2.24 bits per heavy atom. The van der Waals surface area contributed by atoms with Crippen molar-refractivity contribution in [3.8, 4) is 17.2 Å². The van der Waals surface area contributed by atoms with E-state index in [2.05, 4.69) is 5.32 Å². The number of hydrogen-bond donors (Lipinski definition) is 1. The van der Waals surface area contributed by atoms with Crippen molar-refractivity contribution in [3.63, 3.8) is 0 Å². The van der Waals surface area contributed by atoms with E-state index in [9.17, 15) is 4.79 Å². The molecular formula is C24H25NO4. The van der Waals surface area contributed by atoms with Crippen molar-refractivity contribution in [1.82, 2.24) is 0 Å². The number of para-hydroxylation sites is 3. The van der Waals surface area contributed by atoms with Gasteiger partial charge in [0.25, 0.3) is 5.91 Å². The number of hydrogen-bond acceptors (Lipinski definition) is 4. The molecule has 3 aromatic carbocycles. The molecule has 0 unspecified atom stereocenters. The molecule has 0 spiro atoms. The molecule has 5 nitrogen and oxygen atoms in total. The summed E-state index contributed by atoms with van der Waals surface area (Å²) in [4.78, 5) is 12.8. The van der Waals surface area contributed by atoms with Crippen LogP contribution in [-0.2, 0) is 6.61 Å². The Morgan fingerprint density at radius 1 is 0.793 bits per heavy atom. The topological polar surface area (TPSA) is 56.8 Å². The van der Waals surface area contributed by atoms with E-state index in [4.69, 9.17) is 14.2 Å². The van der Waals surface area contributed by atoms with E-state index < -0.39 is 0 Å². The van der Waals surface area contributed by atoms with Crippen LogP contribution in [0.15, 0.2) is 72.8 Å². The largest absolute Gasteiger partial charge is 0.493 e. The zero-order valence-corrected chi connectivity index (χ0v) is 16.7. The minimum Gasteiger partial charge on any atom is -0.493 e. The molecule has 1 N–H and O–H groups in total. The van der Waals surface area contributed by atoms with E-state index in [1.54, 1.807) is 18.2 Å². The SMILES string of the molecule is CCOc1ccc(C(=O)Nc2ccccc2OCC)cc1COc1ccccc1. The molecule has 150 valence electrons. The van der Waals surface area contributed by atoms with E-state index in [1.165, 1.54) is 0 Å². The minimum atomic E-state index is -0.221. The van der Waals surface area contributed by atoms with Gasteiger partial charge in [-0.1, -0.05) is 30.3 Å². The molecule has 0 radical (unpaired) electrons. The number of benzene rings is 3. The van der Waals surface area contributed by atoms with Gasteiger partial charge in [0, 0.05) is 11.1 Å². The van der Waals surface area contributed by atoms with Gasteiger partial charge < -0.3 is 19.5 Å². The summed E-state index contributed by atoms with van der Waals surface area (Å²) in [6.07, 6.45) is 0. The van der Waals surface area contributed by atoms with Crippen molar-refractivity contribution in [2.45, 2.75) is 20.5 Å². The molecule has 3 aromatic rings. The molecule has 0 atom stereocenters. The fraction of sp³-hybridized carbons (Fsp3) is 0.208. The third-order valence-corrected chi connectivity index (χ3v) is 4.20. The standard InChI is InChI=1S/C24H25NO4/c1-3-27-22-15-14-18(16-19(22)17-29-20-10-6-5-7-11-20)24(26)25-21-12-8-9-13-23(21)28-4-2/h5-16H,3-4,17H2,1-2H3,(H,25,26). The average molecular weight is 391 g/mol. The molecule has 3 rings (SSSR count). The molecule has 0 saturated heterocycles. The highest BCUT2D eigenvalue weighted by Gasteiger charge is 2.13. The molecule has 0 fully saturated rings. The zero-order valence-electron chi connectivity index (χ0n) is 16.7. The van der Waals surface area contributed by atoms with Gasteiger partial charge in [0.05, 0.1) is 18.9 Å². The fourth-order valence-corrected chi connectivity index (χ4v) is 2.85. The minimum absolute atomic E-state index is 0.221. The van der Waals surface area contributed by atoms with E-state index >= 15 is 0 Å². The predicted octanol–water partition coefficient (Wildman–Crippen LogP) is 5.32. The molecule has 1 amide bonds. The van der Waals surface area contributed by atoms with E-state index in [1.807, 2.05) is 68.4 Å². The maximum atomic E-state index is 12.8. The van der Waals surface area contributed by atoms with Crippen molar-refractivity contribution in [2.75, 3.05) is 18.5 Å². The smallest absolute Gasteiger partial charge is 0.255 e. The lowest BCUT2D eigenvalue weighted by atomic mass is 10.1. The molecule has 0 saturated carbocycles. The number of amides is 1. The first kappa shape index (κ1) is 20.3. The molecule has 29 heavy (non-hydrogen) atoms. The zero-order chi connectivity index (χ0) is 20.5. The first-order valence-electron chi connectivity index (χ1n) is 9.68. The summed E-state index contributed by atoms with van der Waals surface area (Å²) < 4.78 is 17.1. The summed E-state index contributed by atoms with van der Waals surface area (Å²) >= 11 is 0. The third kappa shape index (κ3) is 5.51. The summed E-state index contributed by atoms with van der Waals surface area (Å²) in [6.45, 7) is 5.19. The third-order valence-electron chi connectivity index (χ3n) is 4.20. The predicted molar refractivity (Wildman–Crippen MR) is 114 cm³/mol. The molecular weight excluding hydrogens is 366 g/mol. The first-order chi connectivity index (χ1) is 14.2. The van der Waals surface area contributed by atoms with Gasteiger partial charge >= 0.3 is 0 Å². The summed E-state index contributed by atoms with van der Waals surface area (Å²) in [7, 11) is 0. The summed E-state index contributed by atoms with van der Waals surface area (Å²) in [5, 5.41) is 2.92. The normalized spacial score (nSPS) is 10.3. The molecule has 0 aromatic heterocycles. The molecule has 0 aliphatic carbocycles. The van der Waals surface area contributed by atoms with Crippen LogP contribution in [0.4, 0.5) is 5.69 Å². The fourth-order valence-electron chi connectivity index (χ4n) is 2.85. The molecule has 0 heterocycles. The van der Waals surface area contributed by atoms with Crippen LogP contribution in [-0.4, -0.2) is 19.1 Å². The number of carbonyl (C=O) groups excluding carboxylic acids is 1. The van der Waals surface area contributed by atoms with Crippen LogP contribution >= 0.6 is 0 Å².